The number of anilines is 1. The van der Waals surface area contributed by atoms with Crippen molar-refractivity contribution in [2.24, 2.45) is 10.9 Å². The van der Waals surface area contributed by atoms with Gasteiger partial charge in [0, 0.05) is 31.6 Å². The highest BCUT2D eigenvalue weighted by atomic mass is 127. The van der Waals surface area contributed by atoms with Crippen molar-refractivity contribution in [3.05, 3.63) is 42.1 Å². The van der Waals surface area contributed by atoms with E-state index in [9.17, 15) is 0 Å². The van der Waals surface area contributed by atoms with Gasteiger partial charge in [-0.05, 0) is 31.4 Å². The van der Waals surface area contributed by atoms with Gasteiger partial charge in [-0.3, -0.25) is 0 Å². The molecule has 0 saturated carbocycles. The van der Waals surface area contributed by atoms with Gasteiger partial charge in [-0.1, -0.05) is 32.9 Å². The van der Waals surface area contributed by atoms with E-state index < -0.39 is 0 Å². The molecule has 1 aliphatic rings. The Labute approximate surface area is 203 Å². The minimum atomic E-state index is -0.0481. The molecule has 2 N–H and O–H groups in total. The van der Waals surface area contributed by atoms with Gasteiger partial charge in [0.2, 0.25) is 5.89 Å². The summed E-state index contributed by atoms with van der Waals surface area (Å²) in [6, 6.07) is 8.22. The van der Waals surface area contributed by atoms with Gasteiger partial charge in [-0.25, -0.2) is 9.98 Å². The lowest BCUT2D eigenvalue weighted by molar-refractivity contribution is 0.383. The lowest BCUT2D eigenvalue weighted by Crippen LogP contribution is -2.40. The minimum absolute atomic E-state index is 0. The normalized spacial score (nSPS) is 16.7. The number of para-hydroxylation sites is 2. The van der Waals surface area contributed by atoms with E-state index in [0.29, 0.717) is 18.4 Å². The number of ether oxygens (including phenoxy) is 1. The molecule has 1 saturated heterocycles. The summed E-state index contributed by atoms with van der Waals surface area (Å²) in [5.74, 6) is 3.80. The number of rotatable bonds is 7. The Hall–Kier alpha value is -1.97. The minimum Gasteiger partial charge on any atom is -0.495 e. The van der Waals surface area contributed by atoms with Gasteiger partial charge < -0.3 is 24.7 Å². The van der Waals surface area contributed by atoms with Gasteiger partial charge in [-0.15, -0.1) is 24.0 Å². The van der Waals surface area contributed by atoms with Crippen LogP contribution in [0.5, 0.6) is 5.75 Å². The van der Waals surface area contributed by atoms with Gasteiger partial charge in [-0.2, -0.15) is 0 Å². The number of nitrogens with one attached hydrogen (secondary N) is 2. The molecule has 0 bridgehead atoms. The molecule has 0 aliphatic carbocycles. The molecule has 31 heavy (non-hydrogen) atoms. The van der Waals surface area contributed by atoms with E-state index in [0.717, 1.165) is 50.1 Å². The first kappa shape index (κ1) is 25.3. The molecule has 1 aromatic carbocycles. The first-order chi connectivity index (χ1) is 14.4. The molecule has 0 radical (unpaired) electrons. The second kappa shape index (κ2) is 11.6. The van der Waals surface area contributed by atoms with Crippen molar-refractivity contribution in [2.45, 2.75) is 46.1 Å². The molecule has 2 heterocycles. The summed E-state index contributed by atoms with van der Waals surface area (Å²) in [5.41, 5.74) is 1.12. The first-order valence-electron chi connectivity index (χ1n) is 10.8. The molecule has 1 aliphatic heterocycles. The maximum Gasteiger partial charge on any atom is 0.216 e. The van der Waals surface area contributed by atoms with E-state index in [1.165, 1.54) is 5.69 Å². The van der Waals surface area contributed by atoms with E-state index in [1.807, 2.05) is 12.1 Å². The summed E-state index contributed by atoms with van der Waals surface area (Å²) >= 11 is 0. The van der Waals surface area contributed by atoms with Crippen molar-refractivity contribution in [2.75, 3.05) is 38.2 Å². The van der Waals surface area contributed by atoms with Crippen LogP contribution in [0.1, 0.15) is 45.8 Å². The third-order valence-electron chi connectivity index (χ3n) is 5.28. The zero-order valence-electron chi connectivity index (χ0n) is 19.3. The van der Waals surface area contributed by atoms with Crippen molar-refractivity contribution in [3.8, 4) is 5.75 Å². The highest BCUT2D eigenvalue weighted by Crippen LogP contribution is 2.31. The summed E-state index contributed by atoms with van der Waals surface area (Å²) in [4.78, 5) is 11.4. The Morgan fingerprint density at radius 1 is 1.29 bits per heavy atom. The molecule has 1 fully saturated rings. The molecule has 1 aromatic heterocycles. The van der Waals surface area contributed by atoms with Crippen molar-refractivity contribution in [3.63, 3.8) is 0 Å². The monoisotopic (exact) mass is 541 g/mol. The van der Waals surface area contributed by atoms with Crippen LogP contribution in [0.25, 0.3) is 0 Å². The third-order valence-corrected chi connectivity index (χ3v) is 5.28. The third kappa shape index (κ3) is 7.02. The summed E-state index contributed by atoms with van der Waals surface area (Å²) in [6.45, 7) is 12.5. The van der Waals surface area contributed by atoms with Crippen LogP contribution >= 0.6 is 24.0 Å². The van der Waals surface area contributed by atoms with E-state index >= 15 is 0 Å². The molecular formula is C23H36IN5O2. The number of aromatic nitrogens is 1. The topological polar surface area (TPSA) is 74.9 Å². The van der Waals surface area contributed by atoms with Crippen LogP contribution in [0.4, 0.5) is 5.69 Å². The molecule has 1 atom stereocenters. The van der Waals surface area contributed by atoms with E-state index in [1.54, 1.807) is 13.3 Å². The molecule has 7 nitrogen and oxygen atoms in total. The molecule has 172 valence electrons. The second-order valence-corrected chi connectivity index (χ2v) is 8.72. The van der Waals surface area contributed by atoms with Crippen LogP contribution in [0, 0.1) is 5.92 Å². The number of hydrogen-bond donors (Lipinski definition) is 2. The van der Waals surface area contributed by atoms with Gasteiger partial charge >= 0.3 is 0 Å². The predicted octanol–water partition coefficient (Wildman–Crippen LogP) is 4.18. The summed E-state index contributed by atoms with van der Waals surface area (Å²) in [6.07, 6.45) is 2.94. The molecule has 1 unspecified atom stereocenters. The number of aliphatic imine (C=N–C) groups is 1. The van der Waals surface area contributed by atoms with Crippen LogP contribution in [0.3, 0.4) is 0 Å². The van der Waals surface area contributed by atoms with Crippen molar-refractivity contribution >= 4 is 35.6 Å². The number of guanidine groups is 1. The molecule has 2 aromatic rings. The Morgan fingerprint density at radius 3 is 2.74 bits per heavy atom. The van der Waals surface area contributed by atoms with Crippen molar-refractivity contribution < 1.29 is 9.15 Å². The van der Waals surface area contributed by atoms with E-state index in [-0.39, 0.29) is 29.4 Å². The number of benzene rings is 1. The Bertz CT molecular complexity index is 846. The fourth-order valence-electron chi connectivity index (χ4n) is 3.57. The number of hydrogen-bond acceptors (Lipinski definition) is 5. The molecule has 8 heteroatoms. The molecule has 3 rings (SSSR count). The van der Waals surface area contributed by atoms with Gasteiger partial charge in [0.1, 0.15) is 18.1 Å². The number of oxazole rings is 1. The SMILES string of the molecule is CCNC(=NCc1ncc(C(C)(C)C)o1)NCC1CCN(c2ccccc2OC)C1.I. The fourth-order valence-corrected chi connectivity index (χ4v) is 3.57. The summed E-state index contributed by atoms with van der Waals surface area (Å²) in [7, 11) is 1.73. The standard InChI is InChI=1S/C23H35N5O2.HI/c1-6-24-22(27-15-21-25-14-20(30-21)23(2,3)4)26-13-17-11-12-28(16-17)18-9-7-8-10-19(18)29-5;/h7-10,14,17H,6,11-13,15-16H2,1-5H3,(H2,24,26,27);1H. The summed E-state index contributed by atoms with van der Waals surface area (Å²) in [5, 5.41) is 6.79. The average molecular weight is 541 g/mol. The van der Waals surface area contributed by atoms with Crippen molar-refractivity contribution in [1.82, 2.24) is 15.6 Å². The zero-order chi connectivity index (χ0) is 21.6. The number of nitrogens with zero attached hydrogens (tertiary/aromatic N) is 3. The quantitative estimate of drug-likeness (QED) is 0.311. The van der Waals surface area contributed by atoms with Crippen LogP contribution in [0.15, 0.2) is 39.9 Å². The average Bonchev–Trinajstić information content (AvgIpc) is 3.39. The van der Waals surface area contributed by atoms with Gasteiger partial charge in [0.15, 0.2) is 5.96 Å². The smallest absolute Gasteiger partial charge is 0.216 e. The van der Waals surface area contributed by atoms with E-state index in [2.05, 4.69) is 65.3 Å². The lowest BCUT2D eigenvalue weighted by Gasteiger charge is -2.21. The fraction of sp³-hybridized carbons (Fsp3) is 0.565. The maximum absolute atomic E-state index is 5.85. The predicted molar refractivity (Wildman–Crippen MR) is 137 cm³/mol. The highest BCUT2D eigenvalue weighted by molar-refractivity contribution is 14.0. The lowest BCUT2D eigenvalue weighted by atomic mass is 9.94. The first-order valence-corrected chi connectivity index (χ1v) is 10.8. The molecule has 0 amide bonds. The molecular weight excluding hydrogens is 505 g/mol. The van der Waals surface area contributed by atoms with Gasteiger partial charge in [0.05, 0.1) is 19.0 Å². The van der Waals surface area contributed by atoms with Crippen LogP contribution < -0.4 is 20.3 Å². The number of methoxy groups -OCH3 is 1. The Kier molecular flexibility index (Phi) is 9.46. The Balaban J connectivity index is 0.00000341. The van der Waals surface area contributed by atoms with Gasteiger partial charge in [0.25, 0.3) is 0 Å². The highest BCUT2D eigenvalue weighted by Gasteiger charge is 2.24. The van der Waals surface area contributed by atoms with Crippen LogP contribution in [-0.4, -0.2) is 44.2 Å². The van der Waals surface area contributed by atoms with Crippen LogP contribution in [-0.2, 0) is 12.0 Å². The van der Waals surface area contributed by atoms with E-state index in [4.69, 9.17) is 9.15 Å². The number of halogens is 1. The molecule has 0 spiro atoms. The van der Waals surface area contributed by atoms with Crippen LogP contribution in [0.2, 0.25) is 0 Å². The van der Waals surface area contributed by atoms with Crippen molar-refractivity contribution in [1.29, 1.82) is 0 Å². The summed E-state index contributed by atoms with van der Waals surface area (Å²) < 4.78 is 11.4. The Morgan fingerprint density at radius 2 is 2.06 bits per heavy atom. The maximum atomic E-state index is 5.85. The largest absolute Gasteiger partial charge is 0.495 e. The zero-order valence-corrected chi connectivity index (χ0v) is 21.6. The second-order valence-electron chi connectivity index (χ2n) is 8.72.